The Morgan fingerprint density at radius 3 is 2.65 bits per heavy atom. The molecule has 0 aromatic rings. The molecule has 3 aliphatic heterocycles. The Kier molecular flexibility index (Phi) is 8.84. The highest BCUT2D eigenvalue weighted by molar-refractivity contribution is 14.0. The summed E-state index contributed by atoms with van der Waals surface area (Å²) in [5, 5.41) is 3.36. The van der Waals surface area contributed by atoms with Crippen molar-refractivity contribution in [2.45, 2.75) is 25.8 Å². The molecule has 3 saturated heterocycles. The second-order valence-electron chi connectivity index (χ2n) is 6.84. The molecule has 3 aliphatic rings. The third kappa shape index (κ3) is 5.66. The van der Waals surface area contributed by atoms with Gasteiger partial charge in [0.2, 0.25) is 10.0 Å². The molecule has 10 heteroatoms. The van der Waals surface area contributed by atoms with E-state index >= 15 is 0 Å². The Balaban J connectivity index is 0.00000243. The zero-order valence-electron chi connectivity index (χ0n) is 15.6. The standard InChI is InChI=1S/C16H31N5O3S.HI/c1-2-17-16(18-5-8-21-6-3-13-25(21,22)23)20-7-4-15(14-20)19-9-11-24-12-10-19;/h15H,2-14H2,1H3,(H,17,18);1H. The number of guanidine groups is 1. The van der Waals surface area contributed by atoms with Crippen LogP contribution in [0.3, 0.4) is 0 Å². The number of aliphatic imine (C=N–C) groups is 1. The third-order valence-electron chi connectivity index (χ3n) is 5.17. The van der Waals surface area contributed by atoms with Crippen LogP contribution >= 0.6 is 24.0 Å². The minimum Gasteiger partial charge on any atom is -0.379 e. The zero-order chi connectivity index (χ0) is 17.7. The van der Waals surface area contributed by atoms with Crippen molar-refractivity contribution >= 4 is 40.0 Å². The molecule has 1 N–H and O–H groups in total. The van der Waals surface area contributed by atoms with Crippen molar-refractivity contribution in [3.05, 3.63) is 0 Å². The number of ether oxygens (including phenoxy) is 1. The van der Waals surface area contributed by atoms with E-state index in [0.717, 1.165) is 64.7 Å². The Labute approximate surface area is 174 Å². The van der Waals surface area contributed by atoms with Crippen LogP contribution in [0.25, 0.3) is 0 Å². The third-order valence-corrected chi connectivity index (χ3v) is 7.13. The average Bonchev–Trinajstić information content (AvgIpc) is 3.22. The van der Waals surface area contributed by atoms with Crippen LogP contribution in [0.15, 0.2) is 4.99 Å². The summed E-state index contributed by atoms with van der Waals surface area (Å²) < 4.78 is 30.8. The van der Waals surface area contributed by atoms with Crippen LogP contribution in [0.4, 0.5) is 0 Å². The number of hydrogen-bond donors (Lipinski definition) is 1. The Morgan fingerprint density at radius 2 is 2.00 bits per heavy atom. The van der Waals surface area contributed by atoms with Crippen LogP contribution in [0.5, 0.6) is 0 Å². The summed E-state index contributed by atoms with van der Waals surface area (Å²) >= 11 is 0. The summed E-state index contributed by atoms with van der Waals surface area (Å²) in [4.78, 5) is 9.51. The van der Waals surface area contributed by atoms with Gasteiger partial charge in [0.05, 0.1) is 25.5 Å². The summed E-state index contributed by atoms with van der Waals surface area (Å²) in [5.74, 6) is 1.19. The Morgan fingerprint density at radius 1 is 1.23 bits per heavy atom. The van der Waals surface area contributed by atoms with Crippen molar-refractivity contribution < 1.29 is 13.2 Å². The normalized spacial score (nSPS) is 27.5. The second-order valence-corrected chi connectivity index (χ2v) is 8.93. The number of nitrogens with zero attached hydrogens (tertiary/aromatic N) is 4. The van der Waals surface area contributed by atoms with Crippen LogP contribution in [0.2, 0.25) is 0 Å². The van der Waals surface area contributed by atoms with Crippen LogP contribution in [0, 0.1) is 0 Å². The quantitative estimate of drug-likeness (QED) is 0.325. The minimum absolute atomic E-state index is 0. The number of likely N-dealkylation sites (tertiary alicyclic amines) is 1. The van der Waals surface area contributed by atoms with Crippen LogP contribution in [-0.4, -0.2) is 106 Å². The molecule has 0 aromatic carbocycles. The molecule has 152 valence electrons. The lowest BCUT2D eigenvalue weighted by molar-refractivity contribution is 0.0195. The molecule has 0 aromatic heterocycles. The number of nitrogens with one attached hydrogen (secondary N) is 1. The lowest BCUT2D eigenvalue weighted by Crippen LogP contribution is -2.46. The first kappa shape index (κ1) is 22.1. The van der Waals surface area contributed by atoms with Gasteiger partial charge in [-0.05, 0) is 19.8 Å². The van der Waals surface area contributed by atoms with Crippen molar-refractivity contribution in [3.8, 4) is 0 Å². The van der Waals surface area contributed by atoms with E-state index in [1.807, 2.05) is 0 Å². The molecule has 0 spiro atoms. The van der Waals surface area contributed by atoms with E-state index < -0.39 is 10.0 Å². The van der Waals surface area contributed by atoms with Gasteiger partial charge >= 0.3 is 0 Å². The molecule has 1 atom stereocenters. The maximum absolute atomic E-state index is 11.9. The maximum Gasteiger partial charge on any atom is 0.214 e. The SMILES string of the molecule is CCNC(=NCCN1CCCS1(=O)=O)N1CCC(N2CCOCC2)C1.I. The Hall–Kier alpha value is -0.170. The molecule has 3 fully saturated rings. The molecule has 0 saturated carbocycles. The number of sulfonamides is 1. The predicted octanol–water partition coefficient (Wildman–Crippen LogP) is 0.0119. The molecule has 3 heterocycles. The molecule has 0 amide bonds. The van der Waals surface area contributed by atoms with Crippen LogP contribution in [-0.2, 0) is 14.8 Å². The first-order valence-electron chi connectivity index (χ1n) is 9.43. The highest BCUT2D eigenvalue weighted by Crippen LogP contribution is 2.17. The highest BCUT2D eigenvalue weighted by atomic mass is 127. The molecule has 8 nitrogen and oxygen atoms in total. The van der Waals surface area contributed by atoms with E-state index in [4.69, 9.17) is 4.74 Å². The number of morpholine rings is 1. The summed E-state index contributed by atoms with van der Waals surface area (Å²) in [5.41, 5.74) is 0. The van der Waals surface area contributed by atoms with Crippen molar-refractivity contribution in [3.63, 3.8) is 0 Å². The lowest BCUT2D eigenvalue weighted by Gasteiger charge is -2.32. The van der Waals surface area contributed by atoms with Gasteiger partial charge in [0, 0.05) is 51.9 Å². The van der Waals surface area contributed by atoms with E-state index in [1.165, 1.54) is 0 Å². The van der Waals surface area contributed by atoms with Gasteiger partial charge in [-0.2, -0.15) is 0 Å². The fourth-order valence-corrected chi connectivity index (χ4v) is 5.33. The fourth-order valence-electron chi connectivity index (χ4n) is 3.81. The molecule has 0 aliphatic carbocycles. The van der Waals surface area contributed by atoms with Gasteiger partial charge in [0.25, 0.3) is 0 Å². The zero-order valence-corrected chi connectivity index (χ0v) is 18.7. The summed E-state index contributed by atoms with van der Waals surface area (Å²) in [6.07, 6.45) is 1.88. The van der Waals surface area contributed by atoms with Gasteiger partial charge < -0.3 is 15.0 Å². The van der Waals surface area contributed by atoms with Crippen molar-refractivity contribution in [1.29, 1.82) is 0 Å². The second kappa shape index (κ2) is 10.4. The lowest BCUT2D eigenvalue weighted by atomic mass is 10.2. The topological polar surface area (TPSA) is 77.5 Å². The van der Waals surface area contributed by atoms with Crippen molar-refractivity contribution in [1.82, 2.24) is 19.4 Å². The summed E-state index contributed by atoms with van der Waals surface area (Å²) in [6, 6.07) is 0.562. The number of halogens is 1. The first-order valence-corrected chi connectivity index (χ1v) is 11.0. The van der Waals surface area contributed by atoms with Crippen LogP contribution < -0.4 is 5.32 Å². The van der Waals surface area contributed by atoms with E-state index in [9.17, 15) is 8.42 Å². The maximum atomic E-state index is 11.9. The van der Waals surface area contributed by atoms with Gasteiger partial charge in [0.1, 0.15) is 0 Å². The largest absolute Gasteiger partial charge is 0.379 e. The molecule has 3 rings (SSSR count). The van der Waals surface area contributed by atoms with Crippen molar-refractivity contribution in [2.75, 3.05) is 71.3 Å². The number of rotatable bonds is 5. The molecule has 0 radical (unpaired) electrons. The van der Waals surface area contributed by atoms with Gasteiger partial charge in [-0.25, -0.2) is 12.7 Å². The molecule has 0 bridgehead atoms. The summed E-state index contributed by atoms with van der Waals surface area (Å²) in [6.45, 7) is 10.2. The average molecular weight is 501 g/mol. The Bertz CT molecular complexity index is 568. The minimum atomic E-state index is -3.03. The number of hydrogen-bond acceptors (Lipinski definition) is 5. The first-order chi connectivity index (χ1) is 12.1. The fraction of sp³-hybridized carbons (Fsp3) is 0.938. The highest BCUT2D eigenvalue weighted by Gasteiger charge is 2.31. The monoisotopic (exact) mass is 501 g/mol. The van der Waals surface area contributed by atoms with E-state index in [0.29, 0.717) is 25.7 Å². The van der Waals surface area contributed by atoms with Crippen LogP contribution in [0.1, 0.15) is 19.8 Å². The van der Waals surface area contributed by atoms with Gasteiger partial charge in [-0.3, -0.25) is 9.89 Å². The summed E-state index contributed by atoms with van der Waals surface area (Å²) in [7, 11) is -3.03. The predicted molar refractivity (Wildman–Crippen MR) is 114 cm³/mol. The van der Waals surface area contributed by atoms with Gasteiger partial charge in [-0.15, -0.1) is 24.0 Å². The smallest absolute Gasteiger partial charge is 0.214 e. The van der Waals surface area contributed by atoms with Gasteiger partial charge in [-0.1, -0.05) is 0 Å². The van der Waals surface area contributed by atoms with Crippen molar-refractivity contribution in [2.24, 2.45) is 4.99 Å². The van der Waals surface area contributed by atoms with Gasteiger partial charge in [0.15, 0.2) is 5.96 Å². The van der Waals surface area contributed by atoms with E-state index in [1.54, 1.807) is 4.31 Å². The van der Waals surface area contributed by atoms with E-state index in [2.05, 4.69) is 27.0 Å². The molecular weight excluding hydrogens is 469 g/mol. The molecule has 26 heavy (non-hydrogen) atoms. The molecular formula is C16H32IN5O3S. The van der Waals surface area contributed by atoms with E-state index in [-0.39, 0.29) is 29.7 Å². The molecule has 1 unspecified atom stereocenters.